The van der Waals surface area contributed by atoms with Crippen LogP contribution in [-0.4, -0.2) is 25.1 Å². The smallest absolute Gasteiger partial charge is 0.118 e. The van der Waals surface area contributed by atoms with Gasteiger partial charge in [-0.2, -0.15) is 0 Å². The minimum absolute atomic E-state index is 0.832. The fourth-order valence-electron chi connectivity index (χ4n) is 1.46. The van der Waals surface area contributed by atoms with Gasteiger partial charge < -0.3 is 4.74 Å². The van der Waals surface area contributed by atoms with Crippen molar-refractivity contribution in [3.8, 4) is 17.6 Å². The molecule has 0 aliphatic carbocycles. The van der Waals surface area contributed by atoms with E-state index >= 15 is 0 Å². The van der Waals surface area contributed by atoms with Crippen LogP contribution in [0.3, 0.4) is 0 Å². The first-order valence-electron chi connectivity index (χ1n) is 5.55. The summed E-state index contributed by atoms with van der Waals surface area (Å²) < 4.78 is 5.13. The van der Waals surface area contributed by atoms with Crippen molar-refractivity contribution in [3.63, 3.8) is 0 Å². The Bertz CT molecular complexity index is 359. The summed E-state index contributed by atoms with van der Waals surface area (Å²) in [5.74, 6) is 6.92. The SMILES string of the molecule is CC#CCN(CC)Cc1ccc(OC)cc1. The van der Waals surface area contributed by atoms with Gasteiger partial charge in [0.2, 0.25) is 0 Å². The number of rotatable bonds is 5. The molecule has 0 bridgehead atoms. The van der Waals surface area contributed by atoms with Crippen molar-refractivity contribution in [1.29, 1.82) is 0 Å². The van der Waals surface area contributed by atoms with Crippen molar-refractivity contribution in [1.82, 2.24) is 4.90 Å². The van der Waals surface area contributed by atoms with E-state index in [9.17, 15) is 0 Å². The first kappa shape index (κ1) is 12.6. The summed E-state index contributed by atoms with van der Waals surface area (Å²) in [5.41, 5.74) is 1.29. The Labute approximate surface area is 98.2 Å². The summed E-state index contributed by atoms with van der Waals surface area (Å²) in [6, 6.07) is 8.19. The molecule has 0 fully saturated rings. The molecule has 0 heterocycles. The van der Waals surface area contributed by atoms with Crippen LogP contribution in [0.1, 0.15) is 19.4 Å². The van der Waals surface area contributed by atoms with Crippen molar-refractivity contribution in [2.75, 3.05) is 20.2 Å². The maximum absolute atomic E-state index is 5.13. The van der Waals surface area contributed by atoms with Crippen molar-refractivity contribution in [3.05, 3.63) is 29.8 Å². The van der Waals surface area contributed by atoms with Crippen LogP contribution < -0.4 is 4.74 Å². The zero-order valence-corrected chi connectivity index (χ0v) is 10.3. The molecule has 0 aliphatic rings. The third-order valence-corrected chi connectivity index (χ3v) is 2.49. The average Bonchev–Trinajstić information content (AvgIpc) is 2.35. The van der Waals surface area contributed by atoms with Gasteiger partial charge in [-0.1, -0.05) is 25.0 Å². The first-order chi connectivity index (χ1) is 7.80. The fourth-order valence-corrected chi connectivity index (χ4v) is 1.46. The van der Waals surface area contributed by atoms with Crippen molar-refractivity contribution in [2.45, 2.75) is 20.4 Å². The van der Waals surface area contributed by atoms with Gasteiger partial charge in [-0.05, 0) is 31.2 Å². The summed E-state index contributed by atoms with van der Waals surface area (Å²) >= 11 is 0. The summed E-state index contributed by atoms with van der Waals surface area (Å²) in [7, 11) is 1.68. The molecule has 1 aromatic carbocycles. The molecule has 2 nitrogen and oxygen atoms in total. The van der Waals surface area contributed by atoms with Gasteiger partial charge in [0.1, 0.15) is 5.75 Å². The number of benzene rings is 1. The van der Waals surface area contributed by atoms with Crippen molar-refractivity contribution >= 4 is 0 Å². The number of hydrogen-bond donors (Lipinski definition) is 0. The summed E-state index contributed by atoms with van der Waals surface area (Å²) in [6.45, 7) is 6.82. The molecule has 0 saturated carbocycles. The molecule has 0 radical (unpaired) electrons. The number of nitrogens with zero attached hydrogens (tertiary/aromatic N) is 1. The largest absolute Gasteiger partial charge is 0.497 e. The topological polar surface area (TPSA) is 12.5 Å². The van der Waals surface area contributed by atoms with Gasteiger partial charge in [0.15, 0.2) is 0 Å². The molecule has 1 rings (SSSR count). The Kier molecular flexibility index (Phi) is 5.45. The van der Waals surface area contributed by atoms with Crippen LogP contribution in [0.4, 0.5) is 0 Å². The molecule has 86 valence electrons. The van der Waals surface area contributed by atoms with Crippen LogP contribution >= 0.6 is 0 Å². The van der Waals surface area contributed by atoms with Crippen molar-refractivity contribution < 1.29 is 4.74 Å². The number of methoxy groups -OCH3 is 1. The Morgan fingerprint density at radius 2 is 1.94 bits per heavy atom. The van der Waals surface area contributed by atoms with Gasteiger partial charge in [0.05, 0.1) is 13.7 Å². The molecule has 0 unspecified atom stereocenters. The highest BCUT2D eigenvalue weighted by molar-refractivity contribution is 5.27. The summed E-state index contributed by atoms with van der Waals surface area (Å²) in [6.07, 6.45) is 0. The highest BCUT2D eigenvalue weighted by Gasteiger charge is 2.01. The van der Waals surface area contributed by atoms with Crippen LogP contribution in [0.15, 0.2) is 24.3 Å². The van der Waals surface area contributed by atoms with Gasteiger partial charge in [-0.3, -0.25) is 4.90 Å². The molecule has 0 N–H and O–H groups in total. The second kappa shape index (κ2) is 6.92. The Morgan fingerprint density at radius 1 is 1.25 bits per heavy atom. The summed E-state index contributed by atoms with van der Waals surface area (Å²) in [4.78, 5) is 2.30. The molecule has 0 amide bonds. The van der Waals surface area contributed by atoms with Gasteiger partial charge in [-0.15, -0.1) is 5.92 Å². The van der Waals surface area contributed by atoms with Crippen LogP contribution in [0.2, 0.25) is 0 Å². The maximum atomic E-state index is 5.13. The maximum Gasteiger partial charge on any atom is 0.118 e. The highest BCUT2D eigenvalue weighted by Crippen LogP contribution is 2.12. The molecule has 0 aliphatic heterocycles. The lowest BCUT2D eigenvalue weighted by Gasteiger charge is -2.17. The zero-order valence-electron chi connectivity index (χ0n) is 10.3. The second-order valence-electron chi connectivity index (χ2n) is 3.58. The molecule has 0 saturated heterocycles. The molecular weight excluding hydrogens is 198 g/mol. The third-order valence-electron chi connectivity index (χ3n) is 2.49. The Hall–Kier alpha value is -1.46. The molecular formula is C14H19NO. The van der Waals surface area contributed by atoms with Crippen LogP contribution in [0, 0.1) is 11.8 Å². The number of hydrogen-bond acceptors (Lipinski definition) is 2. The molecule has 0 spiro atoms. The quantitative estimate of drug-likeness (QED) is 0.703. The summed E-state index contributed by atoms with van der Waals surface area (Å²) in [5, 5.41) is 0. The van der Waals surface area contributed by atoms with Crippen LogP contribution in [-0.2, 0) is 6.54 Å². The van der Waals surface area contributed by atoms with E-state index in [1.165, 1.54) is 5.56 Å². The monoisotopic (exact) mass is 217 g/mol. The molecule has 0 aromatic heterocycles. The predicted molar refractivity (Wildman–Crippen MR) is 67.4 cm³/mol. The predicted octanol–water partition coefficient (Wildman–Crippen LogP) is 2.54. The molecule has 1 aromatic rings. The van der Waals surface area contributed by atoms with Crippen molar-refractivity contribution in [2.24, 2.45) is 0 Å². The third kappa shape index (κ3) is 3.96. The van der Waals surface area contributed by atoms with E-state index in [2.05, 4.69) is 35.8 Å². The van der Waals surface area contributed by atoms with E-state index in [1.54, 1.807) is 7.11 Å². The van der Waals surface area contributed by atoms with E-state index in [1.807, 2.05) is 19.1 Å². The normalized spacial score (nSPS) is 9.75. The van der Waals surface area contributed by atoms with Crippen LogP contribution in [0.5, 0.6) is 5.75 Å². The highest BCUT2D eigenvalue weighted by atomic mass is 16.5. The molecule has 0 atom stereocenters. The lowest BCUT2D eigenvalue weighted by atomic mass is 10.2. The second-order valence-corrected chi connectivity index (χ2v) is 3.58. The van der Waals surface area contributed by atoms with E-state index in [-0.39, 0.29) is 0 Å². The standard InChI is InChI=1S/C14H19NO/c1-4-6-11-15(5-2)12-13-7-9-14(16-3)10-8-13/h7-10H,5,11-12H2,1-3H3. The fraction of sp³-hybridized carbons (Fsp3) is 0.429. The minimum atomic E-state index is 0.832. The first-order valence-corrected chi connectivity index (χ1v) is 5.55. The molecule has 2 heteroatoms. The zero-order chi connectivity index (χ0) is 11.8. The van der Waals surface area contributed by atoms with E-state index in [4.69, 9.17) is 4.74 Å². The van der Waals surface area contributed by atoms with Gasteiger partial charge in [-0.25, -0.2) is 0 Å². The Balaban J connectivity index is 2.58. The minimum Gasteiger partial charge on any atom is -0.497 e. The van der Waals surface area contributed by atoms with Gasteiger partial charge in [0.25, 0.3) is 0 Å². The van der Waals surface area contributed by atoms with Gasteiger partial charge >= 0.3 is 0 Å². The van der Waals surface area contributed by atoms with Crippen LogP contribution in [0.25, 0.3) is 0 Å². The lowest BCUT2D eigenvalue weighted by Crippen LogP contribution is -2.23. The Morgan fingerprint density at radius 3 is 2.44 bits per heavy atom. The van der Waals surface area contributed by atoms with E-state index in [0.717, 1.165) is 25.4 Å². The van der Waals surface area contributed by atoms with Gasteiger partial charge in [0, 0.05) is 6.54 Å². The number of ether oxygens (including phenoxy) is 1. The lowest BCUT2D eigenvalue weighted by molar-refractivity contribution is 0.316. The molecule has 16 heavy (non-hydrogen) atoms. The van der Waals surface area contributed by atoms with E-state index < -0.39 is 0 Å². The van der Waals surface area contributed by atoms with E-state index in [0.29, 0.717) is 0 Å². The average molecular weight is 217 g/mol.